The quantitative estimate of drug-likeness (QED) is 0.559. The molecule has 0 aliphatic heterocycles. The summed E-state index contributed by atoms with van der Waals surface area (Å²) in [6.07, 6.45) is 3.27. The number of nitrogens with zero attached hydrogens (tertiary/aromatic N) is 3. The predicted molar refractivity (Wildman–Crippen MR) is 83.2 cm³/mol. The van der Waals surface area contributed by atoms with Gasteiger partial charge in [-0.3, -0.25) is 4.79 Å². The van der Waals surface area contributed by atoms with Crippen LogP contribution in [-0.4, -0.2) is 31.3 Å². The number of thioether (sulfide) groups is 1. The fraction of sp³-hybridized carbons (Fsp3) is 0.267. The predicted octanol–water partition coefficient (Wildman–Crippen LogP) is 2.84. The van der Waals surface area contributed by atoms with Crippen molar-refractivity contribution in [2.24, 2.45) is 0 Å². The van der Waals surface area contributed by atoms with Crippen molar-refractivity contribution >= 4 is 17.5 Å². The van der Waals surface area contributed by atoms with E-state index in [0.717, 1.165) is 22.7 Å². The highest BCUT2D eigenvalue weighted by molar-refractivity contribution is 7.99. The van der Waals surface area contributed by atoms with Crippen LogP contribution in [-0.2, 0) is 6.54 Å². The van der Waals surface area contributed by atoms with E-state index in [9.17, 15) is 4.79 Å². The van der Waals surface area contributed by atoms with Crippen LogP contribution in [0.15, 0.2) is 40.4 Å². The summed E-state index contributed by atoms with van der Waals surface area (Å²) >= 11 is 1.38. The Labute approximate surface area is 131 Å². The minimum atomic E-state index is 0.0828. The number of carbonyl (C=O) groups excluding carboxylic acids is 1. The van der Waals surface area contributed by atoms with Gasteiger partial charge in [0, 0.05) is 17.0 Å². The number of ketones is 1. The number of aromatic amines is 1. The average molecular weight is 316 g/mol. The zero-order valence-electron chi connectivity index (χ0n) is 12.4. The summed E-state index contributed by atoms with van der Waals surface area (Å²) < 4.78 is 7.19. The molecular formula is C15H16N4O2S. The van der Waals surface area contributed by atoms with Crippen LogP contribution < -0.4 is 0 Å². The van der Waals surface area contributed by atoms with Crippen LogP contribution in [0, 0.1) is 13.8 Å². The molecule has 0 aliphatic rings. The highest BCUT2D eigenvalue weighted by Gasteiger charge is 2.14. The van der Waals surface area contributed by atoms with Gasteiger partial charge < -0.3 is 14.0 Å². The van der Waals surface area contributed by atoms with Crippen molar-refractivity contribution in [3.05, 3.63) is 53.5 Å². The highest BCUT2D eigenvalue weighted by Crippen LogP contribution is 2.19. The molecule has 0 radical (unpaired) electrons. The molecule has 3 rings (SSSR count). The van der Waals surface area contributed by atoms with E-state index in [4.69, 9.17) is 4.42 Å². The van der Waals surface area contributed by atoms with Gasteiger partial charge in [0.05, 0.1) is 18.6 Å². The molecule has 0 saturated carbocycles. The summed E-state index contributed by atoms with van der Waals surface area (Å²) in [5, 5.41) is 8.68. The zero-order chi connectivity index (χ0) is 15.5. The van der Waals surface area contributed by atoms with E-state index in [0.29, 0.717) is 17.5 Å². The Hall–Kier alpha value is -2.28. The topological polar surface area (TPSA) is 76.7 Å². The van der Waals surface area contributed by atoms with Gasteiger partial charge in [0.25, 0.3) is 0 Å². The summed E-state index contributed by atoms with van der Waals surface area (Å²) in [4.78, 5) is 15.4. The fourth-order valence-electron chi connectivity index (χ4n) is 2.26. The Morgan fingerprint density at radius 3 is 3.00 bits per heavy atom. The van der Waals surface area contributed by atoms with E-state index in [1.807, 2.05) is 36.6 Å². The zero-order valence-corrected chi connectivity index (χ0v) is 13.2. The first-order valence-electron chi connectivity index (χ1n) is 6.86. The first-order valence-corrected chi connectivity index (χ1v) is 7.84. The molecule has 0 bridgehead atoms. The van der Waals surface area contributed by atoms with E-state index < -0.39 is 0 Å². The van der Waals surface area contributed by atoms with Gasteiger partial charge in [-0.05, 0) is 32.0 Å². The van der Waals surface area contributed by atoms with Gasteiger partial charge in [-0.1, -0.05) is 11.8 Å². The molecule has 3 heterocycles. The van der Waals surface area contributed by atoms with Gasteiger partial charge in [-0.15, -0.1) is 10.2 Å². The summed E-state index contributed by atoms with van der Waals surface area (Å²) in [6, 6.07) is 5.62. The van der Waals surface area contributed by atoms with Crippen molar-refractivity contribution in [1.29, 1.82) is 0 Å². The smallest absolute Gasteiger partial charge is 0.191 e. The standard InChI is InChI=1S/C15H16N4O2S/c1-10-6-13(11(2)17-10)14(20)8-22-15-18-16-9-19(15)7-12-4-3-5-21-12/h3-6,9,17H,7-8H2,1-2H3. The molecule has 1 N–H and O–H groups in total. The number of hydrogen-bond donors (Lipinski definition) is 1. The molecule has 0 fully saturated rings. The van der Waals surface area contributed by atoms with Crippen LogP contribution in [0.2, 0.25) is 0 Å². The van der Waals surface area contributed by atoms with Crippen molar-refractivity contribution in [2.75, 3.05) is 5.75 Å². The van der Waals surface area contributed by atoms with Crippen LogP contribution in [0.25, 0.3) is 0 Å². The van der Waals surface area contributed by atoms with Crippen molar-refractivity contribution in [1.82, 2.24) is 19.7 Å². The molecule has 22 heavy (non-hydrogen) atoms. The normalized spacial score (nSPS) is 11.0. The van der Waals surface area contributed by atoms with E-state index in [1.54, 1.807) is 12.6 Å². The second-order valence-electron chi connectivity index (χ2n) is 5.02. The van der Waals surface area contributed by atoms with Gasteiger partial charge >= 0.3 is 0 Å². The number of Topliss-reactive ketones (excluding diaryl/α,β-unsaturated/α-hetero) is 1. The average Bonchev–Trinajstić information content (AvgIpc) is 3.19. The Morgan fingerprint density at radius 2 is 2.32 bits per heavy atom. The van der Waals surface area contributed by atoms with E-state index in [1.165, 1.54) is 11.8 Å². The molecule has 0 spiro atoms. The number of hydrogen-bond acceptors (Lipinski definition) is 5. The first-order chi connectivity index (χ1) is 10.6. The number of aryl methyl sites for hydroxylation is 2. The van der Waals surface area contributed by atoms with Crippen molar-refractivity contribution in [3.8, 4) is 0 Å². The van der Waals surface area contributed by atoms with E-state index in [-0.39, 0.29) is 5.78 Å². The van der Waals surface area contributed by atoms with Crippen molar-refractivity contribution < 1.29 is 9.21 Å². The summed E-state index contributed by atoms with van der Waals surface area (Å²) in [7, 11) is 0. The lowest BCUT2D eigenvalue weighted by atomic mass is 10.2. The molecular weight excluding hydrogens is 300 g/mol. The number of carbonyl (C=O) groups is 1. The third-order valence-electron chi connectivity index (χ3n) is 3.27. The molecule has 0 atom stereocenters. The summed E-state index contributed by atoms with van der Waals surface area (Å²) in [5.41, 5.74) is 2.63. The maximum Gasteiger partial charge on any atom is 0.191 e. The van der Waals surface area contributed by atoms with Crippen LogP contribution in [0.3, 0.4) is 0 Å². The van der Waals surface area contributed by atoms with Crippen molar-refractivity contribution in [3.63, 3.8) is 0 Å². The van der Waals surface area contributed by atoms with Crippen molar-refractivity contribution in [2.45, 2.75) is 25.5 Å². The second-order valence-corrected chi connectivity index (χ2v) is 5.97. The van der Waals surface area contributed by atoms with Gasteiger partial charge in [-0.2, -0.15) is 0 Å². The van der Waals surface area contributed by atoms with Gasteiger partial charge in [0.15, 0.2) is 10.9 Å². The summed E-state index contributed by atoms with van der Waals surface area (Å²) in [5.74, 6) is 1.24. The Morgan fingerprint density at radius 1 is 1.45 bits per heavy atom. The minimum Gasteiger partial charge on any atom is -0.467 e. The van der Waals surface area contributed by atoms with Crippen LogP contribution in [0.1, 0.15) is 27.5 Å². The molecule has 0 unspecified atom stereocenters. The van der Waals surface area contributed by atoms with Crippen LogP contribution in [0.5, 0.6) is 0 Å². The maximum atomic E-state index is 12.3. The number of H-pyrrole nitrogens is 1. The molecule has 6 nitrogen and oxygen atoms in total. The lowest BCUT2D eigenvalue weighted by Crippen LogP contribution is -2.05. The molecule has 114 valence electrons. The third-order valence-corrected chi connectivity index (χ3v) is 4.25. The number of nitrogens with one attached hydrogen (secondary N) is 1. The monoisotopic (exact) mass is 316 g/mol. The molecule has 0 amide bonds. The molecule has 3 aromatic heterocycles. The molecule has 0 aliphatic carbocycles. The van der Waals surface area contributed by atoms with E-state index >= 15 is 0 Å². The second kappa shape index (κ2) is 6.23. The number of furan rings is 1. The number of rotatable bonds is 6. The Kier molecular flexibility index (Phi) is 4.15. The lowest BCUT2D eigenvalue weighted by Gasteiger charge is -2.04. The van der Waals surface area contributed by atoms with E-state index in [2.05, 4.69) is 15.2 Å². The minimum absolute atomic E-state index is 0.0828. The SMILES string of the molecule is Cc1cc(C(=O)CSc2nncn2Cc2ccco2)c(C)[nH]1. The summed E-state index contributed by atoms with van der Waals surface area (Å²) in [6.45, 7) is 4.40. The molecule has 7 heteroatoms. The third kappa shape index (κ3) is 3.14. The lowest BCUT2D eigenvalue weighted by molar-refractivity contribution is 0.102. The Balaban J connectivity index is 1.66. The molecule has 0 saturated heterocycles. The van der Waals surface area contributed by atoms with Crippen LogP contribution in [0.4, 0.5) is 0 Å². The highest BCUT2D eigenvalue weighted by atomic mass is 32.2. The molecule has 3 aromatic rings. The maximum absolute atomic E-state index is 12.3. The van der Waals surface area contributed by atoms with Gasteiger partial charge in [0.1, 0.15) is 12.1 Å². The van der Waals surface area contributed by atoms with Gasteiger partial charge in [0.2, 0.25) is 0 Å². The fourth-order valence-corrected chi connectivity index (χ4v) is 3.05. The van der Waals surface area contributed by atoms with Crippen LogP contribution >= 0.6 is 11.8 Å². The Bertz CT molecular complexity index is 773. The largest absolute Gasteiger partial charge is 0.467 e. The first kappa shape index (κ1) is 14.6. The molecule has 0 aromatic carbocycles. The van der Waals surface area contributed by atoms with Gasteiger partial charge in [-0.25, -0.2) is 0 Å². The number of aromatic nitrogens is 4.